The molecule has 0 aliphatic rings. The van der Waals surface area contributed by atoms with Crippen LogP contribution in [0.3, 0.4) is 0 Å². The standard InChI is InChI=1S/C15H12ClNO3/c16-12-5-2-1-4-11(12)7-8-15(19)20-10-14(18)13-6-3-9-17-13/h1-9,17H,10H2. The van der Waals surface area contributed by atoms with Crippen LogP contribution >= 0.6 is 11.6 Å². The molecule has 1 aromatic carbocycles. The minimum Gasteiger partial charge on any atom is -0.454 e. The number of Topliss-reactive ketones (excluding diaryl/α,β-unsaturated/α-hetero) is 1. The highest BCUT2D eigenvalue weighted by Crippen LogP contribution is 2.16. The highest BCUT2D eigenvalue weighted by Gasteiger charge is 2.08. The van der Waals surface area contributed by atoms with Crippen molar-refractivity contribution in [3.8, 4) is 0 Å². The highest BCUT2D eigenvalue weighted by atomic mass is 35.5. The number of aromatic amines is 1. The van der Waals surface area contributed by atoms with Gasteiger partial charge in [-0.1, -0.05) is 29.8 Å². The van der Waals surface area contributed by atoms with Gasteiger partial charge in [0.05, 0.1) is 5.69 Å². The third-order valence-corrected chi connectivity index (χ3v) is 2.89. The molecule has 0 atom stereocenters. The number of carbonyl (C=O) groups excluding carboxylic acids is 2. The molecule has 0 saturated carbocycles. The molecule has 1 aromatic heterocycles. The van der Waals surface area contributed by atoms with Gasteiger partial charge in [-0.15, -0.1) is 0 Å². The molecule has 4 nitrogen and oxygen atoms in total. The lowest BCUT2D eigenvalue weighted by molar-refractivity contribution is -0.136. The Kier molecular flexibility index (Phi) is 4.74. The molecule has 0 aliphatic carbocycles. The van der Waals surface area contributed by atoms with Crippen LogP contribution in [-0.4, -0.2) is 23.3 Å². The van der Waals surface area contributed by atoms with Gasteiger partial charge in [0.1, 0.15) is 0 Å². The molecule has 0 aliphatic heterocycles. The normalized spacial score (nSPS) is 10.7. The molecule has 102 valence electrons. The predicted octanol–water partition coefficient (Wildman–Crippen LogP) is 3.11. The van der Waals surface area contributed by atoms with Crippen molar-refractivity contribution in [2.75, 3.05) is 6.61 Å². The van der Waals surface area contributed by atoms with Crippen molar-refractivity contribution in [3.63, 3.8) is 0 Å². The van der Waals surface area contributed by atoms with E-state index in [4.69, 9.17) is 16.3 Å². The van der Waals surface area contributed by atoms with Crippen molar-refractivity contribution < 1.29 is 14.3 Å². The topological polar surface area (TPSA) is 59.2 Å². The van der Waals surface area contributed by atoms with E-state index in [0.717, 1.165) is 0 Å². The number of esters is 1. The van der Waals surface area contributed by atoms with Gasteiger partial charge in [0.15, 0.2) is 6.61 Å². The number of halogens is 1. The molecular weight excluding hydrogens is 278 g/mol. The number of aromatic nitrogens is 1. The average molecular weight is 290 g/mol. The number of ether oxygens (including phenoxy) is 1. The van der Waals surface area contributed by atoms with E-state index in [1.807, 2.05) is 6.07 Å². The fraction of sp³-hybridized carbons (Fsp3) is 0.0667. The maximum Gasteiger partial charge on any atom is 0.331 e. The van der Waals surface area contributed by atoms with Crippen molar-refractivity contribution in [2.24, 2.45) is 0 Å². The lowest BCUT2D eigenvalue weighted by Gasteiger charge is -2.00. The molecular formula is C15H12ClNO3. The summed E-state index contributed by atoms with van der Waals surface area (Å²) in [5.41, 5.74) is 1.12. The number of ketones is 1. The zero-order valence-corrected chi connectivity index (χ0v) is 11.3. The number of carbonyl (C=O) groups is 2. The molecule has 0 saturated heterocycles. The molecule has 0 fully saturated rings. The van der Waals surface area contributed by atoms with Crippen LogP contribution in [0.4, 0.5) is 0 Å². The molecule has 2 aromatic rings. The Morgan fingerprint density at radius 3 is 2.70 bits per heavy atom. The van der Waals surface area contributed by atoms with Gasteiger partial charge in [-0.3, -0.25) is 4.79 Å². The van der Waals surface area contributed by atoms with Gasteiger partial charge < -0.3 is 9.72 Å². The van der Waals surface area contributed by atoms with E-state index in [9.17, 15) is 9.59 Å². The Bertz CT molecular complexity index is 632. The van der Waals surface area contributed by atoms with Gasteiger partial charge in [-0.25, -0.2) is 4.79 Å². The SMILES string of the molecule is O=C(C=Cc1ccccc1Cl)OCC(=O)c1ccc[nH]1. The summed E-state index contributed by atoms with van der Waals surface area (Å²) < 4.78 is 4.85. The summed E-state index contributed by atoms with van der Waals surface area (Å²) in [6.45, 7) is -0.299. The maximum absolute atomic E-state index is 11.6. The van der Waals surface area contributed by atoms with Gasteiger partial charge >= 0.3 is 5.97 Å². The summed E-state index contributed by atoms with van der Waals surface area (Å²) >= 11 is 5.94. The summed E-state index contributed by atoms with van der Waals surface area (Å²) in [5.74, 6) is -0.876. The number of nitrogens with one attached hydrogen (secondary N) is 1. The monoisotopic (exact) mass is 289 g/mol. The zero-order valence-electron chi connectivity index (χ0n) is 10.5. The lowest BCUT2D eigenvalue weighted by Crippen LogP contribution is -2.12. The van der Waals surface area contributed by atoms with Crippen molar-refractivity contribution in [1.82, 2.24) is 4.98 Å². The van der Waals surface area contributed by atoms with E-state index in [0.29, 0.717) is 16.3 Å². The van der Waals surface area contributed by atoms with E-state index in [-0.39, 0.29) is 12.4 Å². The highest BCUT2D eigenvalue weighted by molar-refractivity contribution is 6.32. The van der Waals surface area contributed by atoms with Crippen LogP contribution in [0.1, 0.15) is 16.1 Å². The van der Waals surface area contributed by atoms with Crippen LogP contribution in [0, 0.1) is 0 Å². The third kappa shape index (κ3) is 3.83. The Morgan fingerprint density at radius 1 is 1.20 bits per heavy atom. The summed E-state index contributed by atoms with van der Waals surface area (Å²) in [6.07, 6.45) is 4.42. The molecule has 0 unspecified atom stereocenters. The van der Waals surface area contributed by atoms with E-state index in [1.165, 1.54) is 6.08 Å². The Hall–Kier alpha value is -2.33. The summed E-state index contributed by atoms with van der Waals surface area (Å²) in [6, 6.07) is 10.4. The first-order valence-corrected chi connectivity index (χ1v) is 6.30. The van der Waals surface area contributed by atoms with E-state index < -0.39 is 5.97 Å². The number of benzene rings is 1. The molecule has 0 spiro atoms. The van der Waals surface area contributed by atoms with Crippen LogP contribution in [0.2, 0.25) is 5.02 Å². The number of rotatable bonds is 5. The van der Waals surface area contributed by atoms with E-state index >= 15 is 0 Å². The Morgan fingerprint density at radius 2 is 2.00 bits per heavy atom. The van der Waals surface area contributed by atoms with Crippen molar-refractivity contribution >= 4 is 29.4 Å². The molecule has 0 radical (unpaired) electrons. The molecule has 0 bridgehead atoms. The van der Waals surface area contributed by atoms with Crippen LogP contribution in [0.5, 0.6) is 0 Å². The average Bonchev–Trinajstić information content (AvgIpc) is 2.98. The van der Waals surface area contributed by atoms with Crippen LogP contribution in [0.15, 0.2) is 48.7 Å². The fourth-order valence-electron chi connectivity index (χ4n) is 1.53. The van der Waals surface area contributed by atoms with Gasteiger partial charge in [0, 0.05) is 17.3 Å². The van der Waals surface area contributed by atoms with Gasteiger partial charge in [-0.2, -0.15) is 0 Å². The van der Waals surface area contributed by atoms with Crippen LogP contribution in [0.25, 0.3) is 6.08 Å². The summed E-state index contributed by atoms with van der Waals surface area (Å²) in [5, 5.41) is 0.541. The lowest BCUT2D eigenvalue weighted by atomic mass is 10.2. The molecule has 1 heterocycles. The quantitative estimate of drug-likeness (QED) is 0.523. The minimum absolute atomic E-state index is 0.283. The molecule has 20 heavy (non-hydrogen) atoms. The molecule has 1 N–H and O–H groups in total. The number of H-pyrrole nitrogens is 1. The Balaban J connectivity index is 1.87. The van der Waals surface area contributed by atoms with Gasteiger partial charge in [-0.05, 0) is 29.8 Å². The molecule has 0 amide bonds. The van der Waals surface area contributed by atoms with Crippen LogP contribution < -0.4 is 0 Å². The second kappa shape index (κ2) is 6.73. The first-order chi connectivity index (χ1) is 9.66. The second-order valence-electron chi connectivity index (χ2n) is 3.97. The minimum atomic E-state index is -0.593. The molecule has 5 heteroatoms. The van der Waals surface area contributed by atoms with Crippen molar-refractivity contribution in [2.45, 2.75) is 0 Å². The predicted molar refractivity (Wildman–Crippen MR) is 76.6 cm³/mol. The number of hydrogen-bond acceptors (Lipinski definition) is 3. The summed E-state index contributed by atoms with van der Waals surface area (Å²) in [7, 11) is 0. The van der Waals surface area contributed by atoms with Crippen molar-refractivity contribution in [3.05, 3.63) is 65.0 Å². The maximum atomic E-state index is 11.6. The largest absolute Gasteiger partial charge is 0.454 e. The van der Waals surface area contributed by atoms with E-state index in [1.54, 1.807) is 42.6 Å². The van der Waals surface area contributed by atoms with Gasteiger partial charge in [0.25, 0.3) is 0 Å². The Labute approximate surface area is 121 Å². The van der Waals surface area contributed by atoms with Crippen LogP contribution in [-0.2, 0) is 9.53 Å². The second-order valence-corrected chi connectivity index (χ2v) is 4.38. The van der Waals surface area contributed by atoms with E-state index in [2.05, 4.69) is 4.98 Å². The number of hydrogen-bond donors (Lipinski definition) is 1. The van der Waals surface area contributed by atoms with Gasteiger partial charge in [0.2, 0.25) is 5.78 Å². The third-order valence-electron chi connectivity index (χ3n) is 2.55. The van der Waals surface area contributed by atoms with Crippen molar-refractivity contribution in [1.29, 1.82) is 0 Å². The molecule has 2 rings (SSSR count). The fourth-order valence-corrected chi connectivity index (χ4v) is 1.73. The zero-order chi connectivity index (χ0) is 14.4. The first kappa shape index (κ1) is 14.1. The smallest absolute Gasteiger partial charge is 0.331 e. The first-order valence-electron chi connectivity index (χ1n) is 5.93. The summed E-state index contributed by atoms with van der Waals surface area (Å²) in [4.78, 5) is 25.8.